The van der Waals surface area contributed by atoms with Crippen molar-refractivity contribution in [2.45, 2.75) is 86.0 Å². The Kier molecular flexibility index (Phi) is 13.0. The Morgan fingerprint density at radius 2 is 0.951 bits per heavy atom. The minimum atomic E-state index is -0.0359. The van der Waals surface area contributed by atoms with E-state index in [2.05, 4.69) is 137 Å². The number of hydrogen-bond donors (Lipinski definition) is 1. The number of halogens is 1. The molecule has 0 fully saturated rings. The van der Waals surface area contributed by atoms with Gasteiger partial charge in [0.15, 0.2) is 0 Å². The van der Waals surface area contributed by atoms with Crippen LogP contribution >= 0.6 is 12.4 Å². The van der Waals surface area contributed by atoms with E-state index in [-0.39, 0.29) is 18.3 Å². The summed E-state index contributed by atoms with van der Waals surface area (Å²) in [5, 5.41) is 2.67. The van der Waals surface area contributed by atoms with Crippen molar-refractivity contribution < 1.29 is 23.5 Å². The number of carbonyl (C=O) groups is 1. The number of nitrogens with one attached hydrogen (secondary N) is 1. The quantitative estimate of drug-likeness (QED) is 0.196. The van der Waals surface area contributed by atoms with Crippen LogP contribution in [-0.4, -0.2) is 15.0 Å². The second-order valence-electron chi connectivity index (χ2n) is 11.5. The summed E-state index contributed by atoms with van der Waals surface area (Å²) in [5.41, 5.74) is 9.02. The van der Waals surface area contributed by atoms with Crippen molar-refractivity contribution in [1.29, 1.82) is 0 Å². The average Bonchev–Trinajstić information content (AvgIpc) is 3.28. The average molecular weight is 667 g/mol. The summed E-state index contributed by atoms with van der Waals surface area (Å²) in [6, 6.07) is 22.9. The molecule has 0 spiro atoms. The number of anilines is 1. The van der Waals surface area contributed by atoms with Gasteiger partial charge in [0.05, 0.1) is 0 Å². The van der Waals surface area contributed by atoms with Gasteiger partial charge < -0.3 is 5.32 Å². The molecular weight excluding hydrogens is 620 g/mol. The minimum Gasteiger partial charge on any atom is -0.147 e. The third-order valence-electron chi connectivity index (χ3n) is 6.99. The van der Waals surface area contributed by atoms with Gasteiger partial charge in [-0.25, -0.2) is 0 Å². The van der Waals surface area contributed by atoms with Crippen molar-refractivity contribution in [3.63, 3.8) is 0 Å². The number of rotatable bonds is 7. The molecule has 0 aliphatic rings. The SMILES string of the molecule is CC(=O)Nc1ccccc1.CC(C)c1cccc(C(C)C)c1-n1ccn(-c2c(C(C)C)cccc2C(C)C)[c]1=[Pd].Cl. The summed E-state index contributed by atoms with van der Waals surface area (Å²) in [6.45, 7) is 19.7. The van der Waals surface area contributed by atoms with E-state index in [9.17, 15) is 4.79 Å². The van der Waals surface area contributed by atoms with Crippen molar-refractivity contribution in [3.8, 4) is 11.4 Å². The van der Waals surface area contributed by atoms with E-state index in [0.29, 0.717) is 23.7 Å². The number of nitrogens with zero attached hydrogens (tertiary/aromatic N) is 2. The molecule has 0 saturated carbocycles. The number of amides is 1. The minimum absolute atomic E-state index is 0. The van der Waals surface area contributed by atoms with Crippen LogP contribution in [-0.2, 0) is 23.5 Å². The van der Waals surface area contributed by atoms with Gasteiger partial charge in [0.1, 0.15) is 0 Å². The summed E-state index contributed by atoms with van der Waals surface area (Å²) in [5.74, 6) is 1.80. The predicted octanol–water partition coefficient (Wildman–Crippen LogP) is 9.91. The van der Waals surface area contributed by atoms with Gasteiger partial charge in [0.25, 0.3) is 0 Å². The molecule has 0 atom stereocenters. The topological polar surface area (TPSA) is 39.0 Å². The van der Waals surface area contributed by atoms with Gasteiger partial charge in [-0.15, -0.1) is 12.4 Å². The molecule has 3 aromatic carbocycles. The van der Waals surface area contributed by atoms with Crippen LogP contribution in [0.1, 0.15) is 108 Å². The Balaban J connectivity index is 0.000000452. The number of para-hydroxylation sites is 3. The van der Waals surface area contributed by atoms with Gasteiger partial charge in [0.2, 0.25) is 5.91 Å². The third kappa shape index (κ3) is 8.42. The van der Waals surface area contributed by atoms with Crippen molar-refractivity contribution in [3.05, 3.63) is 105 Å². The molecule has 1 aromatic heterocycles. The standard InChI is InChI=1S/C27H36N2.C8H9NO.ClH.Pd/c1-18(2)22-11-9-12-23(19(3)4)26(22)28-15-16-29(17-28)27-24(20(5)6)13-10-14-25(27)21(7)8;1-7(10)9-8-5-3-2-4-6-8;;/h9-16,18-21H,1-8H3;2-6H,1H3,(H,9,10);1H;. The largest absolute Gasteiger partial charge is 0.147 e. The monoisotopic (exact) mass is 665 g/mol. The molecule has 4 rings (SSSR count). The van der Waals surface area contributed by atoms with E-state index in [4.69, 9.17) is 0 Å². The second kappa shape index (κ2) is 15.5. The van der Waals surface area contributed by atoms with Crippen LogP contribution in [0, 0.1) is 3.89 Å². The van der Waals surface area contributed by atoms with Crippen LogP contribution in [0.4, 0.5) is 5.69 Å². The van der Waals surface area contributed by atoms with Crippen LogP contribution < -0.4 is 5.32 Å². The molecule has 4 aromatic rings. The van der Waals surface area contributed by atoms with Crippen molar-refractivity contribution in [2.75, 3.05) is 5.32 Å². The van der Waals surface area contributed by atoms with E-state index in [1.165, 1.54) is 40.6 Å². The fourth-order valence-corrected chi connectivity index (χ4v) is 5.57. The normalized spacial score (nSPS) is 11.0. The van der Waals surface area contributed by atoms with Crippen molar-refractivity contribution in [1.82, 2.24) is 9.13 Å². The first-order chi connectivity index (χ1) is 18.9. The fourth-order valence-electron chi connectivity index (χ4n) is 4.99. The molecule has 4 nitrogen and oxygen atoms in total. The van der Waals surface area contributed by atoms with Gasteiger partial charge in [-0.2, -0.15) is 0 Å². The summed E-state index contributed by atoms with van der Waals surface area (Å²) in [7, 11) is 0. The number of hydrogen-bond acceptors (Lipinski definition) is 1. The Morgan fingerprint density at radius 3 is 1.24 bits per heavy atom. The fraction of sp³-hybridized carbons (Fsp3) is 0.371. The molecule has 0 unspecified atom stereocenters. The molecule has 1 N–H and O–H groups in total. The Morgan fingerprint density at radius 1 is 0.610 bits per heavy atom. The van der Waals surface area contributed by atoms with Gasteiger partial charge in [-0.1, -0.05) is 18.2 Å². The molecule has 0 radical (unpaired) electrons. The zero-order valence-corrected chi connectivity index (χ0v) is 28.2. The van der Waals surface area contributed by atoms with E-state index < -0.39 is 0 Å². The summed E-state index contributed by atoms with van der Waals surface area (Å²) in [4.78, 5) is 10.5. The first-order valence-corrected chi connectivity index (χ1v) is 15.1. The zero-order valence-electron chi connectivity index (χ0n) is 25.8. The van der Waals surface area contributed by atoms with Crippen LogP contribution in [0.3, 0.4) is 0 Å². The molecule has 6 heteroatoms. The summed E-state index contributed by atoms with van der Waals surface area (Å²) < 4.78 is 5.78. The van der Waals surface area contributed by atoms with E-state index >= 15 is 0 Å². The molecule has 0 aliphatic heterocycles. The molecule has 224 valence electrons. The third-order valence-corrected chi connectivity index (χ3v) is 7.74. The van der Waals surface area contributed by atoms with Gasteiger partial charge in [-0.05, 0) is 12.1 Å². The molecule has 0 saturated heterocycles. The van der Waals surface area contributed by atoms with E-state index in [1.54, 1.807) is 0 Å². The van der Waals surface area contributed by atoms with E-state index in [0.717, 1.165) is 9.58 Å². The van der Waals surface area contributed by atoms with Crippen LogP contribution in [0.15, 0.2) is 79.1 Å². The Hall–Kier alpha value is -2.71. The number of imidazole rings is 1. The zero-order chi connectivity index (χ0) is 29.6. The summed E-state index contributed by atoms with van der Waals surface area (Å²) in [6.07, 6.45) is 4.43. The summed E-state index contributed by atoms with van der Waals surface area (Å²) >= 11 is 3.64. The van der Waals surface area contributed by atoms with Crippen molar-refractivity contribution in [2.24, 2.45) is 0 Å². The van der Waals surface area contributed by atoms with Crippen LogP contribution in [0.2, 0.25) is 0 Å². The van der Waals surface area contributed by atoms with Gasteiger partial charge in [0, 0.05) is 12.6 Å². The maximum absolute atomic E-state index is 10.5. The molecule has 0 bridgehead atoms. The van der Waals surface area contributed by atoms with Crippen molar-refractivity contribution >= 4 is 24.0 Å². The number of aromatic nitrogens is 2. The molecule has 0 aliphatic carbocycles. The molecular formula is C35H46ClN3OPd. The maximum atomic E-state index is 10.5. The smallest absolute Gasteiger partial charge is 0.147 e. The molecule has 1 heterocycles. The predicted molar refractivity (Wildman–Crippen MR) is 173 cm³/mol. The van der Waals surface area contributed by atoms with Gasteiger partial charge >= 0.3 is 193 Å². The molecule has 41 heavy (non-hydrogen) atoms. The molecule has 1 amide bonds. The maximum Gasteiger partial charge on any atom is -0.147 e. The van der Waals surface area contributed by atoms with Crippen LogP contribution in [0.25, 0.3) is 11.4 Å². The number of benzene rings is 3. The Labute approximate surface area is 263 Å². The van der Waals surface area contributed by atoms with Crippen LogP contribution in [0.5, 0.6) is 0 Å². The van der Waals surface area contributed by atoms with Gasteiger partial charge in [-0.3, -0.25) is 4.79 Å². The van der Waals surface area contributed by atoms with E-state index in [1.807, 2.05) is 30.3 Å². The number of carbonyl (C=O) groups excluding carboxylic acids is 1. The Bertz CT molecular complexity index is 1350. The first kappa shape index (κ1) is 34.5. The second-order valence-corrected chi connectivity index (χ2v) is 12.2. The first-order valence-electron chi connectivity index (χ1n) is 14.3.